The third-order valence-electron chi connectivity index (χ3n) is 4.48. The number of aromatic nitrogens is 3. The molecule has 0 bridgehead atoms. The lowest BCUT2D eigenvalue weighted by Crippen LogP contribution is -2.43. The summed E-state index contributed by atoms with van der Waals surface area (Å²) >= 11 is 5.88. The fourth-order valence-electron chi connectivity index (χ4n) is 3.41. The summed E-state index contributed by atoms with van der Waals surface area (Å²) in [5.74, 6) is -0.588. The van der Waals surface area contributed by atoms with Crippen LogP contribution in [0.3, 0.4) is 0 Å². The van der Waals surface area contributed by atoms with Crippen LogP contribution in [0.25, 0.3) is 11.0 Å². The SMILES string of the molecule is OC1C(n2cc(F)c3c(Cl)ncnc32)OC2CCCC21O. The number of ether oxygens (including phenoxy) is 1. The molecule has 2 aromatic heterocycles. The third-order valence-corrected chi connectivity index (χ3v) is 4.76. The van der Waals surface area contributed by atoms with E-state index < -0.39 is 29.9 Å². The van der Waals surface area contributed by atoms with E-state index in [1.54, 1.807) is 0 Å². The Kier molecular flexibility index (Phi) is 2.78. The smallest absolute Gasteiger partial charge is 0.164 e. The van der Waals surface area contributed by atoms with Gasteiger partial charge in [0.05, 0.1) is 11.5 Å². The van der Waals surface area contributed by atoms with E-state index in [1.807, 2.05) is 0 Å². The summed E-state index contributed by atoms with van der Waals surface area (Å²) < 4.78 is 21.2. The van der Waals surface area contributed by atoms with Crippen LogP contribution in [0.4, 0.5) is 4.39 Å². The van der Waals surface area contributed by atoms with E-state index in [1.165, 1.54) is 17.1 Å². The van der Waals surface area contributed by atoms with Gasteiger partial charge in [0.2, 0.25) is 0 Å². The highest BCUT2D eigenvalue weighted by atomic mass is 35.5. The van der Waals surface area contributed by atoms with Crippen molar-refractivity contribution in [1.29, 1.82) is 0 Å². The molecule has 112 valence electrons. The van der Waals surface area contributed by atoms with Crippen molar-refractivity contribution in [3.8, 4) is 0 Å². The Bertz CT molecular complexity index is 724. The van der Waals surface area contributed by atoms with Crippen molar-refractivity contribution in [3.05, 3.63) is 23.5 Å². The molecule has 8 heteroatoms. The Morgan fingerprint density at radius 3 is 3.05 bits per heavy atom. The van der Waals surface area contributed by atoms with Crippen molar-refractivity contribution in [2.45, 2.75) is 43.3 Å². The Labute approximate surface area is 124 Å². The number of nitrogens with zero attached hydrogens (tertiary/aromatic N) is 3. The number of halogens is 2. The molecule has 1 aliphatic heterocycles. The summed E-state index contributed by atoms with van der Waals surface area (Å²) in [6, 6.07) is 0. The van der Waals surface area contributed by atoms with E-state index in [-0.39, 0.29) is 16.2 Å². The fraction of sp³-hybridized carbons (Fsp3) is 0.538. The van der Waals surface area contributed by atoms with Gasteiger partial charge in [0, 0.05) is 6.20 Å². The van der Waals surface area contributed by atoms with Crippen molar-refractivity contribution in [1.82, 2.24) is 14.5 Å². The van der Waals surface area contributed by atoms with Gasteiger partial charge in [-0.25, -0.2) is 14.4 Å². The van der Waals surface area contributed by atoms with Crippen molar-refractivity contribution in [3.63, 3.8) is 0 Å². The Morgan fingerprint density at radius 1 is 1.48 bits per heavy atom. The zero-order chi connectivity index (χ0) is 14.8. The predicted octanol–water partition coefficient (Wildman–Crippen LogP) is 1.40. The van der Waals surface area contributed by atoms with Crippen molar-refractivity contribution >= 4 is 22.6 Å². The molecule has 1 saturated heterocycles. The third kappa shape index (κ3) is 1.69. The van der Waals surface area contributed by atoms with Crippen LogP contribution in [-0.4, -0.2) is 42.6 Å². The maximum absolute atomic E-state index is 14.0. The minimum absolute atomic E-state index is 0.00245. The highest BCUT2D eigenvalue weighted by Crippen LogP contribution is 2.47. The van der Waals surface area contributed by atoms with E-state index in [9.17, 15) is 14.6 Å². The zero-order valence-electron chi connectivity index (χ0n) is 10.9. The molecular weight excluding hydrogens is 301 g/mol. The zero-order valence-corrected chi connectivity index (χ0v) is 11.7. The van der Waals surface area contributed by atoms with Crippen LogP contribution in [0.5, 0.6) is 0 Å². The molecule has 2 N–H and O–H groups in total. The summed E-state index contributed by atoms with van der Waals surface area (Å²) in [4.78, 5) is 7.76. The molecule has 1 saturated carbocycles. The first-order chi connectivity index (χ1) is 10.0. The van der Waals surface area contributed by atoms with Crippen molar-refractivity contribution in [2.75, 3.05) is 0 Å². The van der Waals surface area contributed by atoms with Gasteiger partial charge >= 0.3 is 0 Å². The van der Waals surface area contributed by atoms with Crippen molar-refractivity contribution in [2.24, 2.45) is 0 Å². The average molecular weight is 314 g/mol. The van der Waals surface area contributed by atoms with Gasteiger partial charge in [0.1, 0.15) is 28.8 Å². The van der Waals surface area contributed by atoms with Crippen LogP contribution in [0.2, 0.25) is 5.15 Å². The second-order valence-corrected chi connectivity index (χ2v) is 5.95. The molecule has 0 spiro atoms. The molecule has 21 heavy (non-hydrogen) atoms. The number of hydrogen-bond donors (Lipinski definition) is 2. The Morgan fingerprint density at radius 2 is 2.29 bits per heavy atom. The largest absolute Gasteiger partial charge is 0.385 e. The second-order valence-electron chi connectivity index (χ2n) is 5.59. The fourth-order valence-corrected chi connectivity index (χ4v) is 3.63. The highest BCUT2D eigenvalue weighted by molar-refractivity contribution is 6.34. The van der Waals surface area contributed by atoms with Gasteiger partial charge in [-0.2, -0.15) is 0 Å². The topological polar surface area (TPSA) is 80.4 Å². The molecule has 4 unspecified atom stereocenters. The number of aliphatic hydroxyl groups is 2. The number of aliphatic hydroxyl groups excluding tert-OH is 1. The normalized spacial score (nSPS) is 35.5. The van der Waals surface area contributed by atoms with Crippen LogP contribution in [0.15, 0.2) is 12.5 Å². The first-order valence-corrected chi connectivity index (χ1v) is 7.12. The molecule has 0 radical (unpaired) electrons. The van der Waals surface area contributed by atoms with Crippen LogP contribution < -0.4 is 0 Å². The van der Waals surface area contributed by atoms with Crippen molar-refractivity contribution < 1.29 is 19.3 Å². The van der Waals surface area contributed by atoms with Crippen LogP contribution in [-0.2, 0) is 4.74 Å². The lowest BCUT2D eigenvalue weighted by atomic mass is 9.94. The van der Waals surface area contributed by atoms with E-state index in [2.05, 4.69) is 9.97 Å². The van der Waals surface area contributed by atoms with Gasteiger partial charge in [-0.1, -0.05) is 11.6 Å². The molecule has 4 rings (SSSR count). The standard InChI is InChI=1S/C13H13ClFN3O3/c14-10-8-6(15)4-18(11(8)17-5-16-10)12-9(19)13(20)3-1-2-7(13)21-12/h4-5,7,9,12,19-20H,1-3H2. The molecule has 0 amide bonds. The van der Waals surface area contributed by atoms with Gasteiger partial charge in [0.15, 0.2) is 12.0 Å². The van der Waals surface area contributed by atoms with Crippen LogP contribution in [0, 0.1) is 5.82 Å². The van der Waals surface area contributed by atoms with E-state index >= 15 is 0 Å². The predicted molar refractivity (Wildman–Crippen MR) is 71.2 cm³/mol. The molecule has 1 aliphatic carbocycles. The summed E-state index contributed by atoms with van der Waals surface area (Å²) in [7, 11) is 0. The van der Waals surface area contributed by atoms with E-state index in [4.69, 9.17) is 16.3 Å². The van der Waals surface area contributed by atoms with Crippen LogP contribution >= 0.6 is 11.6 Å². The minimum Gasteiger partial charge on any atom is -0.385 e. The first kappa shape index (κ1) is 13.4. The molecule has 3 heterocycles. The second kappa shape index (κ2) is 4.36. The number of hydrogen-bond acceptors (Lipinski definition) is 5. The maximum Gasteiger partial charge on any atom is 0.164 e. The lowest BCUT2D eigenvalue weighted by Gasteiger charge is -2.25. The van der Waals surface area contributed by atoms with E-state index in [0.29, 0.717) is 12.8 Å². The summed E-state index contributed by atoms with van der Waals surface area (Å²) in [6.07, 6.45) is 1.83. The minimum atomic E-state index is -1.28. The quantitative estimate of drug-likeness (QED) is 0.778. The number of rotatable bonds is 1. The summed E-state index contributed by atoms with van der Waals surface area (Å²) in [5.41, 5.74) is -1.05. The first-order valence-electron chi connectivity index (χ1n) is 6.75. The molecule has 6 nitrogen and oxygen atoms in total. The summed E-state index contributed by atoms with van der Waals surface area (Å²) in [5, 5.41) is 21.0. The highest BCUT2D eigenvalue weighted by Gasteiger charge is 2.58. The van der Waals surface area contributed by atoms with Gasteiger partial charge in [-0.05, 0) is 19.3 Å². The molecular formula is C13H13ClFN3O3. The Balaban J connectivity index is 1.84. The van der Waals surface area contributed by atoms with Gasteiger partial charge in [-0.15, -0.1) is 0 Å². The monoisotopic (exact) mass is 313 g/mol. The molecule has 0 aromatic carbocycles. The molecule has 2 aromatic rings. The van der Waals surface area contributed by atoms with E-state index in [0.717, 1.165) is 6.42 Å². The Hall–Kier alpha value is -1.28. The molecule has 2 aliphatic rings. The molecule has 2 fully saturated rings. The average Bonchev–Trinajstić information content (AvgIpc) is 3.04. The van der Waals surface area contributed by atoms with Crippen LogP contribution in [0.1, 0.15) is 25.5 Å². The van der Waals surface area contributed by atoms with Gasteiger partial charge < -0.3 is 19.5 Å². The van der Waals surface area contributed by atoms with Gasteiger partial charge in [-0.3, -0.25) is 0 Å². The number of fused-ring (bicyclic) bond motifs is 2. The molecule has 4 atom stereocenters. The van der Waals surface area contributed by atoms with Gasteiger partial charge in [0.25, 0.3) is 0 Å². The maximum atomic E-state index is 14.0. The summed E-state index contributed by atoms with van der Waals surface area (Å²) in [6.45, 7) is 0. The lowest BCUT2D eigenvalue weighted by molar-refractivity contribution is -0.0637.